The number of hydrogen-bond donors (Lipinski definition) is 0. The molecule has 2 aromatic rings. The van der Waals surface area contributed by atoms with Crippen molar-refractivity contribution in [2.75, 3.05) is 7.11 Å². The molecule has 0 saturated heterocycles. The Hall–Kier alpha value is -2.56. The summed E-state index contributed by atoms with van der Waals surface area (Å²) in [5, 5.41) is 10.8. The SMILES string of the molecule is COc1cccc(Oc2ccccc2[N+](=O)[O-])c1. The lowest BCUT2D eigenvalue weighted by molar-refractivity contribution is -0.385. The molecule has 0 heterocycles. The summed E-state index contributed by atoms with van der Waals surface area (Å²) in [6.45, 7) is 0. The van der Waals surface area contributed by atoms with Gasteiger partial charge in [0.1, 0.15) is 11.5 Å². The molecular weight excluding hydrogens is 234 g/mol. The Morgan fingerprint density at radius 1 is 1.06 bits per heavy atom. The van der Waals surface area contributed by atoms with Gasteiger partial charge < -0.3 is 9.47 Å². The summed E-state index contributed by atoms with van der Waals surface area (Å²) >= 11 is 0. The molecule has 0 unspecified atom stereocenters. The lowest BCUT2D eigenvalue weighted by atomic mass is 10.3. The molecule has 92 valence electrons. The number of hydrogen-bond acceptors (Lipinski definition) is 4. The van der Waals surface area contributed by atoms with E-state index >= 15 is 0 Å². The zero-order valence-corrected chi connectivity index (χ0v) is 9.70. The zero-order chi connectivity index (χ0) is 13.0. The molecule has 0 aliphatic carbocycles. The van der Waals surface area contributed by atoms with Gasteiger partial charge in [0.25, 0.3) is 0 Å². The normalized spacial score (nSPS) is 9.83. The molecular formula is C13H11NO4. The van der Waals surface area contributed by atoms with Crippen molar-refractivity contribution in [2.24, 2.45) is 0 Å². The van der Waals surface area contributed by atoms with Crippen molar-refractivity contribution in [3.8, 4) is 17.2 Å². The highest BCUT2D eigenvalue weighted by Crippen LogP contribution is 2.31. The fraction of sp³-hybridized carbons (Fsp3) is 0.0769. The van der Waals surface area contributed by atoms with Gasteiger partial charge in [0.15, 0.2) is 0 Å². The number of nitro benzene ring substituents is 1. The maximum absolute atomic E-state index is 10.8. The van der Waals surface area contributed by atoms with Crippen molar-refractivity contribution in [3.05, 3.63) is 58.6 Å². The molecule has 0 bridgehead atoms. The molecule has 0 amide bonds. The van der Waals surface area contributed by atoms with Gasteiger partial charge in [-0.3, -0.25) is 10.1 Å². The lowest BCUT2D eigenvalue weighted by Crippen LogP contribution is -1.93. The average molecular weight is 245 g/mol. The molecule has 18 heavy (non-hydrogen) atoms. The fourth-order valence-corrected chi connectivity index (χ4v) is 1.49. The molecule has 0 aromatic heterocycles. The molecule has 2 rings (SSSR count). The minimum Gasteiger partial charge on any atom is -0.497 e. The minimum absolute atomic E-state index is 0.0691. The van der Waals surface area contributed by atoms with E-state index < -0.39 is 4.92 Å². The quantitative estimate of drug-likeness (QED) is 0.611. The molecule has 0 spiro atoms. The highest BCUT2D eigenvalue weighted by atomic mass is 16.6. The molecule has 0 aliphatic rings. The number of nitro groups is 1. The third-order valence-electron chi connectivity index (χ3n) is 2.33. The molecule has 0 radical (unpaired) electrons. The first-order chi connectivity index (χ1) is 8.70. The maximum Gasteiger partial charge on any atom is 0.311 e. The average Bonchev–Trinajstić information content (AvgIpc) is 2.39. The monoisotopic (exact) mass is 245 g/mol. The maximum atomic E-state index is 10.8. The van der Waals surface area contributed by atoms with Crippen LogP contribution in [0.1, 0.15) is 0 Å². The van der Waals surface area contributed by atoms with Gasteiger partial charge in [0.05, 0.1) is 12.0 Å². The van der Waals surface area contributed by atoms with Crippen molar-refractivity contribution in [2.45, 2.75) is 0 Å². The molecule has 0 aliphatic heterocycles. The molecule has 2 aromatic carbocycles. The Balaban J connectivity index is 2.31. The van der Waals surface area contributed by atoms with Gasteiger partial charge in [-0.15, -0.1) is 0 Å². The van der Waals surface area contributed by atoms with Crippen LogP contribution >= 0.6 is 0 Å². The summed E-state index contributed by atoms with van der Waals surface area (Å²) in [6.07, 6.45) is 0. The Kier molecular flexibility index (Phi) is 3.43. The van der Waals surface area contributed by atoms with E-state index in [-0.39, 0.29) is 11.4 Å². The molecule has 0 N–H and O–H groups in total. The molecule has 5 heteroatoms. The Morgan fingerprint density at radius 3 is 2.50 bits per heavy atom. The topological polar surface area (TPSA) is 61.6 Å². The highest BCUT2D eigenvalue weighted by Gasteiger charge is 2.14. The number of benzene rings is 2. The number of nitrogens with zero attached hydrogens (tertiary/aromatic N) is 1. The van der Waals surface area contributed by atoms with E-state index in [1.807, 2.05) is 0 Å². The van der Waals surface area contributed by atoms with E-state index in [0.29, 0.717) is 11.5 Å². The van der Waals surface area contributed by atoms with E-state index in [9.17, 15) is 10.1 Å². The number of para-hydroxylation sites is 2. The van der Waals surface area contributed by atoms with E-state index in [4.69, 9.17) is 9.47 Å². The second-order valence-electron chi connectivity index (χ2n) is 3.51. The third-order valence-corrected chi connectivity index (χ3v) is 2.33. The first-order valence-electron chi connectivity index (χ1n) is 5.26. The van der Waals surface area contributed by atoms with E-state index in [1.54, 1.807) is 49.6 Å². The lowest BCUT2D eigenvalue weighted by Gasteiger charge is -2.07. The van der Waals surface area contributed by atoms with Crippen LogP contribution in [0, 0.1) is 10.1 Å². The highest BCUT2D eigenvalue weighted by molar-refractivity contribution is 5.48. The third kappa shape index (κ3) is 2.57. The Labute approximate surface area is 104 Å². The number of methoxy groups -OCH3 is 1. The van der Waals surface area contributed by atoms with Crippen molar-refractivity contribution in [1.29, 1.82) is 0 Å². The minimum atomic E-state index is -0.477. The summed E-state index contributed by atoms with van der Waals surface area (Å²) in [4.78, 5) is 10.4. The van der Waals surface area contributed by atoms with Gasteiger partial charge in [-0.2, -0.15) is 0 Å². The number of ether oxygens (including phenoxy) is 2. The van der Waals surface area contributed by atoms with E-state index in [1.165, 1.54) is 6.07 Å². The van der Waals surface area contributed by atoms with Gasteiger partial charge in [-0.05, 0) is 18.2 Å². The summed E-state index contributed by atoms with van der Waals surface area (Å²) in [5.74, 6) is 1.32. The van der Waals surface area contributed by atoms with E-state index in [0.717, 1.165) is 0 Å². The van der Waals surface area contributed by atoms with Crippen LogP contribution in [-0.4, -0.2) is 12.0 Å². The van der Waals surface area contributed by atoms with Crippen molar-refractivity contribution >= 4 is 5.69 Å². The van der Waals surface area contributed by atoms with Crippen LogP contribution in [-0.2, 0) is 0 Å². The zero-order valence-electron chi connectivity index (χ0n) is 9.70. The van der Waals surface area contributed by atoms with Crippen LogP contribution in [0.3, 0.4) is 0 Å². The Morgan fingerprint density at radius 2 is 1.78 bits per heavy atom. The second-order valence-corrected chi connectivity index (χ2v) is 3.51. The second kappa shape index (κ2) is 5.18. The molecule has 0 atom stereocenters. The molecule has 0 fully saturated rings. The summed E-state index contributed by atoms with van der Waals surface area (Å²) in [7, 11) is 1.55. The van der Waals surface area contributed by atoms with Crippen molar-refractivity contribution < 1.29 is 14.4 Å². The van der Waals surface area contributed by atoms with Gasteiger partial charge in [0, 0.05) is 12.1 Å². The predicted molar refractivity (Wildman–Crippen MR) is 66.2 cm³/mol. The van der Waals surface area contributed by atoms with Gasteiger partial charge in [0.2, 0.25) is 5.75 Å². The van der Waals surface area contributed by atoms with Gasteiger partial charge in [-0.25, -0.2) is 0 Å². The largest absolute Gasteiger partial charge is 0.497 e. The summed E-state index contributed by atoms with van der Waals surface area (Å²) in [5.41, 5.74) is -0.0691. The molecule has 5 nitrogen and oxygen atoms in total. The van der Waals surface area contributed by atoms with Crippen LogP contribution in [0.15, 0.2) is 48.5 Å². The molecule has 0 saturated carbocycles. The van der Waals surface area contributed by atoms with Crippen molar-refractivity contribution in [1.82, 2.24) is 0 Å². The smallest absolute Gasteiger partial charge is 0.311 e. The standard InChI is InChI=1S/C13H11NO4/c1-17-10-5-4-6-11(9-10)18-13-8-3-2-7-12(13)14(15)16/h2-9H,1H3. The van der Waals surface area contributed by atoms with Crippen LogP contribution in [0.25, 0.3) is 0 Å². The van der Waals surface area contributed by atoms with Gasteiger partial charge in [-0.1, -0.05) is 18.2 Å². The Bertz CT molecular complexity index is 568. The summed E-state index contributed by atoms with van der Waals surface area (Å²) < 4.78 is 10.5. The van der Waals surface area contributed by atoms with Crippen molar-refractivity contribution in [3.63, 3.8) is 0 Å². The fourth-order valence-electron chi connectivity index (χ4n) is 1.49. The summed E-state index contributed by atoms with van der Waals surface area (Å²) in [6, 6.07) is 13.1. The first kappa shape index (κ1) is 11.9. The van der Waals surface area contributed by atoms with E-state index in [2.05, 4.69) is 0 Å². The van der Waals surface area contributed by atoms with Crippen LogP contribution < -0.4 is 9.47 Å². The first-order valence-corrected chi connectivity index (χ1v) is 5.26. The van der Waals surface area contributed by atoms with Crippen LogP contribution in [0.5, 0.6) is 17.2 Å². The predicted octanol–water partition coefficient (Wildman–Crippen LogP) is 3.40. The van der Waals surface area contributed by atoms with Crippen LogP contribution in [0.2, 0.25) is 0 Å². The van der Waals surface area contributed by atoms with Gasteiger partial charge >= 0.3 is 5.69 Å². The van der Waals surface area contributed by atoms with Crippen LogP contribution in [0.4, 0.5) is 5.69 Å². The number of rotatable bonds is 4.